The van der Waals surface area contributed by atoms with Crippen molar-refractivity contribution in [2.45, 2.75) is 13.0 Å². The van der Waals surface area contributed by atoms with Crippen molar-refractivity contribution in [2.24, 2.45) is 0 Å². The monoisotopic (exact) mass is 327 g/mol. The summed E-state index contributed by atoms with van der Waals surface area (Å²) in [7, 11) is 0. The molecule has 4 rings (SSSR count). The molecule has 1 aliphatic heterocycles. The molecule has 0 aliphatic carbocycles. The Bertz CT molecular complexity index is 848. The van der Waals surface area contributed by atoms with Crippen molar-refractivity contribution in [3.63, 3.8) is 0 Å². The minimum absolute atomic E-state index is 0.214. The van der Waals surface area contributed by atoms with Gasteiger partial charge in [0.15, 0.2) is 0 Å². The van der Waals surface area contributed by atoms with Crippen LogP contribution in [0.5, 0.6) is 5.75 Å². The molecule has 5 nitrogen and oxygen atoms in total. The molecule has 0 bridgehead atoms. The third kappa shape index (κ3) is 2.64. The fourth-order valence-electron chi connectivity index (χ4n) is 2.75. The Kier molecular flexibility index (Phi) is 3.42. The Labute approximate surface area is 138 Å². The van der Waals surface area contributed by atoms with Crippen LogP contribution in [0.1, 0.15) is 11.5 Å². The first-order chi connectivity index (χ1) is 11.2. The van der Waals surface area contributed by atoms with Crippen LogP contribution in [0, 0.1) is 0 Å². The van der Waals surface area contributed by atoms with Crippen LogP contribution in [0.2, 0.25) is 5.02 Å². The second-order valence-corrected chi connectivity index (χ2v) is 5.84. The molecule has 23 heavy (non-hydrogen) atoms. The highest BCUT2D eigenvalue weighted by atomic mass is 35.5. The Hall–Kier alpha value is -2.53. The number of oxazole rings is 1. The second-order valence-electron chi connectivity index (χ2n) is 5.41. The van der Waals surface area contributed by atoms with E-state index in [2.05, 4.69) is 9.97 Å². The van der Waals surface area contributed by atoms with Crippen molar-refractivity contribution in [3.05, 3.63) is 59.1 Å². The molecule has 0 saturated carbocycles. The average molecular weight is 328 g/mol. The lowest BCUT2D eigenvalue weighted by atomic mass is 10.1. The van der Waals surface area contributed by atoms with Gasteiger partial charge in [0.25, 0.3) is 0 Å². The molecule has 0 unspecified atom stereocenters. The minimum atomic E-state index is 0.214. The molecular weight excluding hydrogens is 314 g/mol. The molecule has 3 heterocycles. The third-order valence-corrected chi connectivity index (χ3v) is 4.12. The maximum atomic E-state index is 10.1. The van der Waals surface area contributed by atoms with Crippen LogP contribution in [0.3, 0.4) is 0 Å². The van der Waals surface area contributed by atoms with Crippen molar-refractivity contribution < 1.29 is 9.52 Å². The van der Waals surface area contributed by atoms with Gasteiger partial charge in [-0.05, 0) is 30.3 Å². The molecule has 1 aliphatic rings. The number of hydrogen-bond donors (Lipinski definition) is 1. The Morgan fingerprint density at radius 2 is 2.13 bits per heavy atom. The molecule has 0 radical (unpaired) electrons. The summed E-state index contributed by atoms with van der Waals surface area (Å²) in [5.41, 5.74) is 2.31. The number of phenols is 1. The van der Waals surface area contributed by atoms with Crippen molar-refractivity contribution in [1.82, 2.24) is 9.97 Å². The van der Waals surface area contributed by atoms with Crippen LogP contribution in [-0.4, -0.2) is 21.6 Å². The molecule has 0 atom stereocenters. The van der Waals surface area contributed by atoms with E-state index in [-0.39, 0.29) is 5.75 Å². The Balaban J connectivity index is 1.65. The predicted octanol–water partition coefficient (Wildman–Crippen LogP) is 3.66. The first kappa shape index (κ1) is 14.1. The molecule has 3 aromatic rings. The predicted molar refractivity (Wildman–Crippen MR) is 87.6 cm³/mol. The number of hydrogen-bond acceptors (Lipinski definition) is 5. The van der Waals surface area contributed by atoms with E-state index < -0.39 is 0 Å². The van der Waals surface area contributed by atoms with E-state index in [1.807, 2.05) is 23.1 Å². The topological polar surface area (TPSA) is 62.4 Å². The third-order valence-electron chi connectivity index (χ3n) is 3.89. The van der Waals surface area contributed by atoms with Crippen molar-refractivity contribution in [2.75, 3.05) is 11.4 Å². The molecular formula is C17H14ClN3O2. The van der Waals surface area contributed by atoms with Crippen LogP contribution in [-0.2, 0) is 13.0 Å². The van der Waals surface area contributed by atoms with Gasteiger partial charge in [-0.2, -0.15) is 0 Å². The lowest BCUT2D eigenvalue weighted by Crippen LogP contribution is -2.30. The number of anilines is 1. The number of aromatic nitrogens is 2. The van der Waals surface area contributed by atoms with Crippen LogP contribution in [0.15, 0.2) is 47.0 Å². The molecule has 116 valence electrons. The summed E-state index contributed by atoms with van der Waals surface area (Å²) in [6.45, 7) is 1.30. The van der Waals surface area contributed by atoms with E-state index in [4.69, 9.17) is 16.0 Å². The summed E-state index contributed by atoms with van der Waals surface area (Å²) in [6.07, 6.45) is 2.44. The van der Waals surface area contributed by atoms with Gasteiger partial charge in [0.2, 0.25) is 5.89 Å². The largest absolute Gasteiger partial charge is 0.506 e. The maximum absolute atomic E-state index is 10.1. The van der Waals surface area contributed by atoms with E-state index in [1.165, 1.54) is 0 Å². The zero-order valence-corrected chi connectivity index (χ0v) is 13.0. The highest BCUT2D eigenvalue weighted by molar-refractivity contribution is 6.30. The molecule has 0 spiro atoms. The number of fused-ring (bicyclic) bond motifs is 1. The van der Waals surface area contributed by atoms with Gasteiger partial charge in [-0.25, -0.2) is 4.98 Å². The number of aromatic hydroxyl groups is 1. The maximum Gasteiger partial charge on any atom is 0.245 e. The van der Waals surface area contributed by atoms with Gasteiger partial charge in [-0.1, -0.05) is 17.7 Å². The molecule has 2 aromatic heterocycles. The van der Waals surface area contributed by atoms with Crippen molar-refractivity contribution >= 4 is 17.3 Å². The van der Waals surface area contributed by atoms with E-state index in [9.17, 15) is 5.11 Å². The highest BCUT2D eigenvalue weighted by Crippen LogP contribution is 2.34. The molecule has 6 heteroatoms. The van der Waals surface area contributed by atoms with Gasteiger partial charge < -0.3 is 14.4 Å². The van der Waals surface area contributed by atoms with Gasteiger partial charge in [-0.15, -0.1) is 0 Å². The summed E-state index contributed by atoms with van der Waals surface area (Å²) in [5.74, 6) is 1.63. The quantitative estimate of drug-likeness (QED) is 0.778. The molecule has 1 aromatic carbocycles. The second kappa shape index (κ2) is 5.59. The van der Waals surface area contributed by atoms with E-state index in [0.29, 0.717) is 23.1 Å². The number of halogens is 1. The first-order valence-electron chi connectivity index (χ1n) is 7.34. The summed E-state index contributed by atoms with van der Waals surface area (Å²) in [5, 5.41) is 10.7. The summed E-state index contributed by atoms with van der Waals surface area (Å²) >= 11 is 6.04. The Morgan fingerprint density at radius 3 is 2.96 bits per heavy atom. The van der Waals surface area contributed by atoms with Crippen LogP contribution in [0.4, 0.5) is 5.69 Å². The first-order valence-corrected chi connectivity index (χ1v) is 7.72. The standard InChI is InChI=1S/C17H14ClN3O2/c18-11-4-5-15(22)14(9-11)21-8-6-16-13(10-21)20-17(23-16)12-3-1-2-7-19-12/h1-5,7,9,22H,6,8,10H2. The van der Waals surface area contributed by atoms with E-state index in [0.717, 1.165) is 30.1 Å². The van der Waals surface area contributed by atoms with Gasteiger partial charge in [0, 0.05) is 24.2 Å². The fourth-order valence-corrected chi connectivity index (χ4v) is 2.92. The molecule has 0 fully saturated rings. The number of pyridine rings is 1. The van der Waals surface area contributed by atoms with E-state index >= 15 is 0 Å². The van der Waals surface area contributed by atoms with Crippen LogP contribution < -0.4 is 4.90 Å². The Morgan fingerprint density at radius 1 is 1.22 bits per heavy atom. The van der Waals surface area contributed by atoms with Gasteiger partial charge in [0.05, 0.1) is 12.2 Å². The minimum Gasteiger partial charge on any atom is -0.506 e. The number of phenolic OH excluding ortho intramolecular Hbond substituents is 1. The SMILES string of the molecule is Oc1ccc(Cl)cc1N1CCc2oc(-c3ccccn3)nc2C1. The van der Waals surface area contributed by atoms with Crippen LogP contribution in [0.25, 0.3) is 11.6 Å². The lowest BCUT2D eigenvalue weighted by molar-refractivity contribution is 0.468. The zero-order chi connectivity index (χ0) is 15.8. The number of benzene rings is 1. The number of nitrogens with zero attached hydrogens (tertiary/aromatic N) is 3. The van der Waals surface area contributed by atoms with Gasteiger partial charge in [-0.3, -0.25) is 4.98 Å². The summed E-state index contributed by atoms with van der Waals surface area (Å²) in [6, 6.07) is 10.7. The molecule has 0 amide bonds. The highest BCUT2D eigenvalue weighted by Gasteiger charge is 2.24. The number of rotatable bonds is 2. The smallest absolute Gasteiger partial charge is 0.245 e. The summed E-state index contributed by atoms with van der Waals surface area (Å²) in [4.78, 5) is 10.9. The summed E-state index contributed by atoms with van der Waals surface area (Å²) < 4.78 is 5.84. The van der Waals surface area contributed by atoms with Crippen molar-refractivity contribution in [1.29, 1.82) is 0 Å². The van der Waals surface area contributed by atoms with E-state index in [1.54, 1.807) is 24.4 Å². The fraction of sp³-hybridized carbons (Fsp3) is 0.176. The normalized spacial score (nSPS) is 13.9. The zero-order valence-electron chi connectivity index (χ0n) is 12.2. The molecule has 1 N–H and O–H groups in total. The van der Waals surface area contributed by atoms with Gasteiger partial charge >= 0.3 is 0 Å². The van der Waals surface area contributed by atoms with Crippen molar-refractivity contribution in [3.8, 4) is 17.3 Å². The lowest BCUT2D eigenvalue weighted by Gasteiger charge is -2.28. The van der Waals surface area contributed by atoms with Crippen LogP contribution >= 0.6 is 11.6 Å². The molecule has 0 saturated heterocycles. The average Bonchev–Trinajstić information content (AvgIpc) is 3.01. The van der Waals surface area contributed by atoms with Gasteiger partial charge in [0.1, 0.15) is 22.9 Å².